The number of hydrogen-bond donors (Lipinski definition) is 1. The van der Waals surface area contributed by atoms with Crippen LogP contribution in [-0.2, 0) is 0 Å². The van der Waals surface area contributed by atoms with E-state index < -0.39 is 0 Å². The monoisotopic (exact) mass is 311 g/mol. The Morgan fingerprint density at radius 3 is 2.95 bits per heavy atom. The fourth-order valence-corrected chi connectivity index (χ4v) is 4.39. The van der Waals surface area contributed by atoms with E-state index in [9.17, 15) is 4.79 Å². The van der Waals surface area contributed by atoms with E-state index in [1.165, 1.54) is 25.9 Å². The smallest absolute Gasteiger partial charge is 0.270 e. The van der Waals surface area contributed by atoms with E-state index in [4.69, 9.17) is 6.42 Å². The van der Waals surface area contributed by atoms with Crippen molar-refractivity contribution in [1.29, 1.82) is 0 Å². The van der Waals surface area contributed by atoms with Crippen LogP contribution in [-0.4, -0.2) is 41.5 Å². The van der Waals surface area contributed by atoms with Gasteiger partial charge in [0.2, 0.25) is 0 Å². The molecule has 5 rings (SSSR count). The molecule has 3 aliphatic rings. The van der Waals surface area contributed by atoms with Gasteiger partial charge in [-0.25, -0.2) is 4.98 Å². The highest BCUT2D eigenvalue weighted by Crippen LogP contribution is 2.28. The van der Waals surface area contributed by atoms with Crippen LogP contribution in [0.5, 0.6) is 0 Å². The summed E-state index contributed by atoms with van der Waals surface area (Å²) in [6, 6.07) is 2.07. The average Bonchev–Trinajstić information content (AvgIpc) is 2.98. The maximum absolute atomic E-state index is 12.5. The van der Waals surface area contributed by atoms with E-state index in [0.29, 0.717) is 11.6 Å². The van der Waals surface area contributed by atoms with Crippen molar-refractivity contribution < 1.29 is 4.79 Å². The van der Waals surface area contributed by atoms with Gasteiger partial charge in [-0.15, -0.1) is 17.8 Å². The summed E-state index contributed by atoms with van der Waals surface area (Å²) in [5.41, 5.74) is 1.29. The number of nitrogens with one attached hydrogen (secondary N) is 1. The first-order valence-electron chi connectivity index (χ1n) is 7.61. The minimum Gasteiger partial charge on any atom is -0.346 e. The minimum atomic E-state index is -0.0881. The Hall–Kier alpha value is -1.90. The second-order valence-corrected chi connectivity index (χ2v) is 6.99. The third-order valence-corrected chi connectivity index (χ3v) is 5.75. The second-order valence-electron chi connectivity index (χ2n) is 6.08. The molecule has 0 saturated carbocycles. The quantitative estimate of drug-likeness (QED) is 0.864. The normalized spacial score (nSPS) is 26.8. The highest BCUT2D eigenvalue weighted by Gasteiger charge is 2.35. The maximum Gasteiger partial charge on any atom is 0.270 e. The zero-order valence-electron chi connectivity index (χ0n) is 12.2. The van der Waals surface area contributed by atoms with Gasteiger partial charge in [0, 0.05) is 35.1 Å². The van der Waals surface area contributed by atoms with Crippen molar-refractivity contribution in [2.75, 3.05) is 19.6 Å². The lowest BCUT2D eigenvalue weighted by Gasteiger charge is -2.44. The molecule has 2 aromatic heterocycles. The molecule has 0 spiro atoms. The first kappa shape index (κ1) is 13.7. The number of fused-ring (bicyclic) bond motifs is 4. The summed E-state index contributed by atoms with van der Waals surface area (Å²) in [5, 5.41) is 6.05. The standard InChI is InChI=1S/C17H17N3OS/c1-2-11-10-22-16-8-18-14(7-13(11)16)17(21)19-15-9-20-5-3-12(15)4-6-20/h1,7-8,10,12,15H,3-6,9H2,(H,19,21). The van der Waals surface area contributed by atoms with Gasteiger partial charge in [0.25, 0.3) is 5.91 Å². The molecule has 1 N–H and O–H groups in total. The number of aromatic nitrogens is 1. The molecular formula is C17H17N3OS. The molecule has 5 heterocycles. The third kappa shape index (κ3) is 2.29. The fraction of sp³-hybridized carbons (Fsp3) is 0.412. The number of carbonyl (C=O) groups is 1. The van der Waals surface area contributed by atoms with Crippen LogP contribution in [0, 0.1) is 18.3 Å². The molecule has 2 bridgehead atoms. The molecule has 3 fully saturated rings. The molecule has 1 unspecified atom stereocenters. The number of terminal acetylenes is 1. The SMILES string of the molecule is C#Cc1csc2cnc(C(=O)NC3CN4CCC3CC4)cc12. The predicted molar refractivity (Wildman–Crippen MR) is 88.0 cm³/mol. The van der Waals surface area contributed by atoms with Crippen molar-refractivity contribution >= 4 is 27.3 Å². The molecule has 3 saturated heterocycles. The van der Waals surface area contributed by atoms with Gasteiger partial charge in [-0.05, 0) is 37.9 Å². The maximum atomic E-state index is 12.5. The van der Waals surface area contributed by atoms with Gasteiger partial charge in [-0.3, -0.25) is 4.79 Å². The Morgan fingerprint density at radius 2 is 2.27 bits per heavy atom. The molecule has 3 aliphatic heterocycles. The summed E-state index contributed by atoms with van der Waals surface area (Å²) in [6.07, 6.45) is 9.62. The zero-order chi connectivity index (χ0) is 15.1. The van der Waals surface area contributed by atoms with Crippen LogP contribution in [0.1, 0.15) is 28.9 Å². The van der Waals surface area contributed by atoms with Crippen molar-refractivity contribution in [1.82, 2.24) is 15.2 Å². The summed E-state index contributed by atoms with van der Waals surface area (Å²) in [7, 11) is 0. The van der Waals surface area contributed by atoms with Crippen LogP contribution in [0.15, 0.2) is 17.6 Å². The van der Waals surface area contributed by atoms with Crippen molar-refractivity contribution in [2.45, 2.75) is 18.9 Å². The summed E-state index contributed by atoms with van der Waals surface area (Å²) in [6.45, 7) is 3.30. The molecule has 0 aromatic carbocycles. The average molecular weight is 311 g/mol. The van der Waals surface area contributed by atoms with Gasteiger partial charge < -0.3 is 10.2 Å². The highest BCUT2D eigenvalue weighted by atomic mass is 32.1. The molecule has 1 atom stereocenters. The van der Waals surface area contributed by atoms with Crippen molar-refractivity contribution in [3.8, 4) is 12.3 Å². The van der Waals surface area contributed by atoms with Crippen LogP contribution in [0.25, 0.3) is 10.1 Å². The van der Waals surface area contributed by atoms with Crippen LogP contribution in [0.3, 0.4) is 0 Å². The lowest BCUT2D eigenvalue weighted by Crippen LogP contribution is -2.57. The van der Waals surface area contributed by atoms with Gasteiger partial charge in [-0.2, -0.15) is 0 Å². The Kier molecular flexibility index (Phi) is 3.36. The number of thiophene rings is 1. The van der Waals surface area contributed by atoms with Gasteiger partial charge in [0.15, 0.2) is 0 Å². The highest BCUT2D eigenvalue weighted by molar-refractivity contribution is 7.17. The molecule has 112 valence electrons. The van der Waals surface area contributed by atoms with E-state index in [2.05, 4.69) is 21.1 Å². The van der Waals surface area contributed by atoms with E-state index in [-0.39, 0.29) is 11.9 Å². The Labute approximate surface area is 133 Å². The summed E-state index contributed by atoms with van der Waals surface area (Å²) >= 11 is 1.56. The van der Waals surface area contributed by atoms with E-state index >= 15 is 0 Å². The number of hydrogen-bond acceptors (Lipinski definition) is 4. The van der Waals surface area contributed by atoms with Crippen LogP contribution < -0.4 is 5.32 Å². The lowest BCUT2D eigenvalue weighted by atomic mass is 9.84. The number of amides is 1. The third-order valence-electron chi connectivity index (χ3n) is 4.82. The number of piperidine rings is 3. The first-order chi connectivity index (χ1) is 10.7. The van der Waals surface area contributed by atoms with Gasteiger partial charge in [0.1, 0.15) is 5.69 Å². The van der Waals surface area contributed by atoms with Gasteiger partial charge in [0.05, 0.1) is 4.70 Å². The fourth-order valence-electron chi connectivity index (χ4n) is 3.54. The number of rotatable bonds is 2. The number of pyridine rings is 1. The molecule has 0 aliphatic carbocycles. The summed E-state index contributed by atoms with van der Waals surface area (Å²) in [4.78, 5) is 19.2. The molecule has 0 radical (unpaired) electrons. The van der Waals surface area contributed by atoms with Gasteiger partial charge in [-0.1, -0.05) is 5.92 Å². The molecule has 22 heavy (non-hydrogen) atoms. The summed E-state index contributed by atoms with van der Waals surface area (Å²) < 4.78 is 1.02. The largest absolute Gasteiger partial charge is 0.346 e. The molecule has 1 amide bonds. The first-order valence-corrected chi connectivity index (χ1v) is 8.49. The van der Waals surface area contributed by atoms with Gasteiger partial charge >= 0.3 is 0 Å². The predicted octanol–water partition coefficient (Wildman–Crippen LogP) is 2.10. The lowest BCUT2D eigenvalue weighted by molar-refractivity contribution is 0.0618. The van der Waals surface area contributed by atoms with E-state index in [1.807, 2.05) is 11.4 Å². The molecule has 5 heteroatoms. The van der Waals surface area contributed by atoms with Crippen LogP contribution in [0.4, 0.5) is 0 Å². The van der Waals surface area contributed by atoms with Crippen molar-refractivity contribution in [3.63, 3.8) is 0 Å². The summed E-state index contributed by atoms with van der Waals surface area (Å²) in [5.74, 6) is 3.19. The second kappa shape index (κ2) is 5.38. The van der Waals surface area contributed by atoms with E-state index in [1.54, 1.807) is 17.5 Å². The zero-order valence-corrected chi connectivity index (χ0v) is 13.0. The Bertz CT molecular complexity index is 768. The number of nitrogens with zero attached hydrogens (tertiary/aromatic N) is 2. The topological polar surface area (TPSA) is 45.2 Å². The van der Waals surface area contributed by atoms with Crippen molar-refractivity contribution in [2.24, 2.45) is 5.92 Å². The number of carbonyl (C=O) groups excluding carboxylic acids is 1. The van der Waals surface area contributed by atoms with Crippen LogP contribution >= 0.6 is 11.3 Å². The van der Waals surface area contributed by atoms with Crippen molar-refractivity contribution in [3.05, 3.63) is 28.9 Å². The minimum absolute atomic E-state index is 0.0881. The Morgan fingerprint density at radius 1 is 1.45 bits per heavy atom. The van der Waals surface area contributed by atoms with E-state index in [0.717, 1.165) is 22.2 Å². The molecule has 2 aromatic rings. The Balaban J connectivity index is 1.56. The molecule has 4 nitrogen and oxygen atoms in total. The van der Waals surface area contributed by atoms with Crippen LogP contribution in [0.2, 0.25) is 0 Å². The molecular weight excluding hydrogens is 294 g/mol.